The molecule has 0 aromatic heterocycles. The van der Waals surface area contributed by atoms with E-state index in [4.69, 9.17) is 14.2 Å². The number of ether oxygens (including phenoxy) is 3. The van der Waals surface area contributed by atoms with E-state index in [0.29, 0.717) is 29.3 Å². The predicted molar refractivity (Wildman–Crippen MR) is 112 cm³/mol. The molecule has 2 aromatic rings. The number of benzene rings is 2. The first-order chi connectivity index (χ1) is 14.6. The largest absolute Gasteiger partial charge is 0.497 e. The minimum Gasteiger partial charge on any atom is -0.497 e. The van der Waals surface area contributed by atoms with Crippen molar-refractivity contribution in [2.45, 2.75) is 0 Å². The third kappa shape index (κ3) is 4.55. The highest BCUT2D eigenvalue weighted by Gasteiger charge is 2.26. The quantitative estimate of drug-likeness (QED) is 0.783. The molecule has 0 unspecified atom stereocenters. The zero-order chi connectivity index (χ0) is 20.9. The summed E-state index contributed by atoms with van der Waals surface area (Å²) in [4.78, 5) is 29.0. The number of anilines is 2. The summed E-state index contributed by atoms with van der Waals surface area (Å²) in [6, 6.07) is 12.2. The molecule has 2 amide bonds. The van der Waals surface area contributed by atoms with E-state index < -0.39 is 0 Å². The van der Waals surface area contributed by atoms with Crippen LogP contribution in [-0.4, -0.2) is 69.8 Å². The summed E-state index contributed by atoms with van der Waals surface area (Å²) in [7, 11) is 1.58. The van der Waals surface area contributed by atoms with Gasteiger partial charge in [0, 0.05) is 43.5 Å². The van der Waals surface area contributed by atoms with Gasteiger partial charge in [0.25, 0.3) is 11.8 Å². The Balaban J connectivity index is 1.44. The van der Waals surface area contributed by atoms with Gasteiger partial charge in [0.2, 0.25) is 0 Å². The summed E-state index contributed by atoms with van der Waals surface area (Å²) in [6.45, 7) is 4.57. The Kier molecular flexibility index (Phi) is 6.15. The predicted octanol–water partition coefficient (Wildman–Crippen LogP) is 2.01. The van der Waals surface area contributed by atoms with Crippen molar-refractivity contribution in [3.05, 3.63) is 48.0 Å². The van der Waals surface area contributed by atoms with E-state index in [1.54, 1.807) is 48.4 Å². The number of morpholine rings is 1. The number of hydrogen-bond donors (Lipinski definition) is 1. The maximum absolute atomic E-state index is 12.5. The van der Waals surface area contributed by atoms with E-state index >= 15 is 0 Å². The van der Waals surface area contributed by atoms with Crippen molar-refractivity contribution >= 4 is 23.2 Å². The number of hydrogen-bond acceptors (Lipinski definition) is 6. The summed E-state index contributed by atoms with van der Waals surface area (Å²) in [5.74, 6) is 0.985. The highest BCUT2D eigenvalue weighted by molar-refractivity contribution is 6.05. The smallest absolute Gasteiger partial charge is 0.265 e. The highest BCUT2D eigenvalue weighted by Crippen LogP contribution is 2.34. The van der Waals surface area contributed by atoms with Crippen LogP contribution in [0, 0.1) is 0 Å². The minimum absolute atomic E-state index is 0.00795. The fraction of sp³-hybridized carbons (Fsp3) is 0.364. The van der Waals surface area contributed by atoms with E-state index in [1.807, 2.05) is 6.07 Å². The first-order valence-corrected chi connectivity index (χ1v) is 9.97. The van der Waals surface area contributed by atoms with Gasteiger partial charge in [-0.25, -0.2) is 0 Å². The first kappa shape index (κ1) is 20.2. The van der Waals surface area contributed by atoms with Crippen molar-refractivity contribution < 1.29 is 23.8 Å². The monoisotopic (exact) mass is 411 g/mol. The second kappa shape index (κ2) is 9.15. The molecule has 158 valence electrons. The molecule has 8 nitrogen and oxygen atoms in total. The lowest BCUT2D eigenvalue weighted by Gasteiger charge is -2.33. The lowest BCUT2D eigenvalue weighted by Crippen LogP contribution is -2.45. The van der Waals surface area contributed by atoms with Gasteiger partial charge in [0.05, 0.1) is 26.0 Å². The second-order valence-corrected chi connectivity index (χ2v) is 7.15. The molecule has 1 saturated heterocycles. The molecule has 2 aliphatic rings. The molecule has 0 radical (unpaired) electrons. The fourth-order valence-corrected chi connectivity index (χ4v) is 3.54. The maximum Gasteiger partial charge on any atom is 0.265 e. The second-order valence-electron chi connectivity index (χ2n) is 7.15. The van der Waals surface area contributed by atoms with E-state index in [1.165, 1.54) is 0 Å². The lowest BCUT2D eigenvalue weighted by molar-refractivity contribution is -0.121. The SMILES string of the molecule is COc1ccc(C(=O)Nc2ccc3c(c2)OCC(=O)N3CCN2CCOCC2)cc1. The van der Waals surface area contributed by atoms with Crippen LogP contribution in [0.3, 0.4) is 0 Å². The number of fused-ring (bicyclic) bond motifs is 1. The highest BCUT2D eigenvalue weighted by atomic mass is 16.5. The van der Waals surface area contributed by atoms with Crippen molar-refractivity contribution in [2.24, 2.45) is 0 Å². The van der Waals surface area contributed by atoms with Crippen molar-refractivity contribution in [1.29, 1.82) is 0 Å². The van der Waals surface area contributed by atoms with E-state index in [2.05, 4.69) is 10.2 Å². The van der Waals surface area contributed by atoms with Gasteiger partial charge in [0.15, 0.2) is 6.61 Å². The van der Waals surface area contributed by atoms with Gasteiger partial charge in [0.1, 0.15) is 11.5 Å². The Bertz CT molecular complexity index is 909. The normalized spacial score (nSPS) is 16.6. The third-order valence-electron chi connectivity index (χ3n) is 5.26. The average Bonchev–Trinajstić information content (AvgIpc) is 2.79. The molecule has 0 atom stereocenters. The number of rotatable bonds is 6. The molecule has 2 aromatic carbocycles. The van der Waals surface area contributed by atoms with Gasteiger partial charge in [-0.1, -0.05) is 0 Å². The van der Waals surface area contributed by atoms with Gasteiger partial charge in [-0.2, -0.15) is 0 Å². The van der Waals surface area contributed by atoms with Crippen LogP contribution >= 0.6 is 0 Å². The van der Waals surface area contributed by atoms with Crippen LogP contribution in [0.1, 0.15) is 10.4 Å². The van der Waals surface area contributed by atoms with Crippen LogP contribution in [0.4, 0.5) is 11.4 Å². The standard InChI is InChI=1S/C22H25N3O5/c1-28-18-5-2-16(3-6-18)22(27)23-17-4-7-19-20(14-17)30-15-21(26)25(19)9-8-24-10-12-29-13-11-24/h2-7,14H,8-13,15H2,1H3,(H,23,27). The molecule has 8 heteroatoms. The first-order valence-electron chi connectivity index (χ1n) is 9.97. The van der Waals surface area contributed by atoms with Crippen molar-refractivity contribution in [3.63, 3.8) is 0 Å². The zero-order valence-corrected chi connectivity index (χ0v) is 16.9. The molecule has 1 fully saturated rings. The molecule has 0 saturated carbocycles. The molecule has 0 bridgehead atoms. The van der Waals surface area contributed by atoms with Gasteiger partial charge in [-0.15, -0.1) is 0 Å². The number of nitrogens with one attached hydrogen (secondary N) is 1. The van der Waals surface area contributed by atoms with E-state index in [-0.39, 0.29) is 18.4 Å². The van der Waals surface area contributed by atoms with Crippen molar-refractivity contribution in [3.8, 4) is 11.5 Å². The van der Waals surface area contributed by atoms with Gasteiger partial charge in [-0.05, 0) is 36.4 Å². The van der Waals surface area contributed by atoms with Gasteiger partial charge in [-0.3, -0.25) is 14.5 Å². The van der Waals surface area contributed by atoms with Gasteiger partial charge < -0.3 is 24.4 Å². The molecule has 0 spiro atoms. The van der Waals surface area contributed by atoms with Crippen LogP contribution in [0.25, 0.3) is 0 Å². The molecule has 30 heavy (non-hydrogen) atoms. The Morgan fingerprint density at radius 2 is 1.87 bits per heavy atom. The summed E-state index contributed by atoms with van der Waals surface area (Å²) < 4.78 is 16.1. The number of nitrogens with zero attached hydrogens (tertiary/aromatic N) is 2. The Labute approximate surface area is 175 Å². The maximum atomic E-state index is 12.5. The topological polar surface area (TPSA) is 80.3 Å². The lowest BCUT2D eigenvalue weighted by atomic mass is 10.1. The number of methoxy groups -OCH3 is 1. The van der Waals surface area contributed by atoms with E-state index in [0.717, 1.165) is 38.5 Å². The van der Waals surface area contributed by atoms with Crippen molar-refractivity contribution in [2.75, 3.05) is 63.3 Å². The molecule has 4 rings (SSSR count). The van der Waals surface area contributed by atoms with Crippen LogP contribution in [0.5, 0.6) is 11.5 Å². The number of carbonyl (C=O) groups excluding carboxylic acids is 2. The number of amides is 2. The summed E-state index contributed by atoms with van der Waals surface area (Å²) in [6.07, 6.45) is 0. The van der Waals surface area contributed by atoms with Crippen LogP contribution in [0.2, 0.25) is 0 Å². The van der Waals surface area contributed by atoms with Crippen LogP contribution in [-0.2, 0) is 9.53 Å². The fourth-order valence-electron chi connectivity index (χ4n) is 3.54. The zero-order valence-electron chi connectivity index (χ0n) is 16.9. The molecule has 2 aliphatic heterocycles. The van der Waals surface area contributed by atoms with Crippen LogP contribution < -0.4 is 19.7 Å². The average molecular weight is 411 g/mol. The molecular weight excluding hydrogens is 386 g/mol. The van der Waals surface area contributed by atoms with Gasteiger partial charge >= 0.3 is 0 Å². The minimum atomic E-state index is -0.228. The summed E-state index contributed by atoms with van der Waals surface area (Å²) in [5.41, 5.74) is 1.86. The van der Waals surface area contributed by atoms with Crippen molar-refractivity contribution in [1.82, 2.24) is 4.90 Å². The summed E-state index contributed by atoms with van der Waals surface area (Å²) in [5, 5.41) is 2.87. The third-order valence-corrected chi connectivity index (χ3v) is 5.26. The Hall–Kier alpha value is -3.10. The molecule has 1 N–H and O–H groups in total. The molecule has 0 aliphatic carbocycles. The van der Waals surface area contributed by atoms with E-state index in [9.17, 15) is 9.59 Å². The Morgan fingerprint density at radius 1 is 1.10 bits per heavy atom. The summed E-state index contributed by atoms with van der Waals surface area (Å²) >= 11 is 0. The molecule has 2 heterocycles. The molecular formula is C22H25N3O5. The number of carbonyl (C=O) groups is 2. The Morgan fingerprint density at radius 3 is 2.60 bits per heavy atom. The van der Waals surface area contributed by atoms with Crippen LogP contribution in [0.15, 0.2) is 42.5 Å².